The zero-order valence-corrected chi connectivity index (χ0v) is 13.2. The van der Waals surface area contributed by atoms with Crippen molar-refractivity contribution in [3.8, 4) is 0 Å². The minimum absolute atomic E-state index is 0.815. The van der Waals surface area contributed by atoms with Gasteiger partial charge < -0.3 is 5.32 Å². The molecule has 2 aliphatic rings. The molecule has 2 aliphatic heterocycles. The Hall–Kier alpha value is -1.22. The van der Waals surface area contributed by atoms with Gasteiger partial charge in [0.05, 0.1) is 0 Å². The first-order chi connectivity index (χ1) is 10.3. The number of rotatable bonds is 0. The van der Waals surface area contributed by atoms with E-state index >= 15 is 0 Å². The van der Waals surface area contributed by atoms with Crippen LogP contribution in [0.5, 0.6) is 0 Å². The molecule has 1 nitrogen and oxygen atoms in total. The predicted octanol–water partition coefficient (Wildman–Crippen LogP) is 4.99. The van der Waals surface area contributed by atoms with Gasteiger partial charge in [-0.2, -0.15) is 0 Å². The van der Waals surface area contributed by atoms with Crippen LogP contribution in [-0.2, 0) is 0 Å². The van der Waals surface area contributed by atoms with E-state index in [1.165, 1.54) is 26.5 Å². The van der Waals surface area contributed by atoms with Crippen molar-refractivity contribution in [3.05, 3.63) is 64.2 Å². The SMILES string of the molecule is Clc1ccc2c(c1)Sc1ccccc1C2=C1CCNCC1. The molecular weight excluding hydrogens is 298 g/mol. The lowest BCUT2D eigenvalue weighted by Gasteiger charge is -2.27. The molecular formula is C18H16ClNS. The Kier molecular flexibility index (Phi) is 3.54. The maximum Gasteiger partial charge on any atom is 0.0417 e. The zero-order chi connectivity index (χ0) is 14.2. The van der Waals surface area contributed by atoms with Gasteiger partial charge in [-0.25, -0.2) is 0 Å². The molecule has 4 rings (SSSR count). The molecule has 0 bridgehead atoms. The highest BCUT2D eigenvalue weighted by atomic mass is 35.5. The number of hydrogen-bond acceptors (Lipinski definition) is 2. The lowest BCUT2D eigenvalue weighted by molar-refractivity contribution is 0.611. The average molecular weight is 314 g/mol. The van der Waals surface area contributed by atoms with Crippen LogP contribution < -0.4 is 5.32 Å². The minimum Gasteiger partial charge on any atom is -0.316 e. The van der Waals surface area contributed by atoms with Gasteiger partial charge >= 0.3 is 0 Å². The number of fused-ring (bicyclic) bond motifs is 2. The van der Waals surface area contributed by atoms with Gasteiger partial charge in [0.2, 0.25) is 0 Å². The Balaban J connectivity index is 1.97. The second-order valence-corrected chi connectivity index (χ2v) is 6.99. The molecule has 0 unspecified atom stereocenters. The van der Waals surface area contributed by atoms with Gasteiger partial charge in [0.25, 0.3) is 0 Å². The number of hydrogen-bond donors (Lipinski definition) is 1. The van der Waals surface area contributed by atoms with Crippen molar-refractivity contribution < 1.29 is 0 Å². The van der Waals surface area contributed by atoms with Crippen LogP contribution >= 0.6 is 23.4 Å². The largest absolute Gasteiger partial charge is 0.316 e. The topological polar surface area (TPSA) is 12.0 Å². The normalized spacial score (nSPS) is 17.4. The first-order valence-corrected chi connectivity index (χ1v) is 8.52. The van der Waals surface area contributed by atoms with Crippen LogP contribution in [0.2, 0.25) is 5.02 Å². The van der Waals surface area contributed by atoms with Gasteiger partial charge in [0, 0.05) is 14.8 Å². The van der Waals surface area contributed by atoms with E-state index in [9.17, 15) is 0 Å². The maximum absolute atomic E-state index is 6.20. The molecule has 0 spiro atoms. The summed E-state index contributed by atoms with van der Waals surface area (Å²) in [4.78, 5) is 2.62. The average Bonchev–Trinajstić information content (AvgIpc) is 2.53. The number of nitrogens with one attached hydrogen (secondary N) is 1. The van der Waals surface area contributed by atoms with E-state index in [4.69, 9.17) is 11.6 Å². The van der Waals surface area contributed by atoms with Crippen LogP contribution in [0.1, 0.15) is 24.0 Å². The molecule has 2 aromatic carbocycles. The van der Waals surface area contributed by atoms with E-state index in [0.29, 0.717) is 0 Å². The second-order valence-electron chi connectivity index (χ2n) is 5.47. The Bertz CT molecular complexity index is 728. The van der Waals surface area contributed by atoms with Gasteiger partial charge in [-0.3, -0.25) is 0 Å². The molecule has 2 heterocycles. The first kappa shape index (κ1) is 13.4. The van der Waals surface area contributed by atoms with Crippen LogP contribution in [0.4, 0.5) is 0 Å². The fourth-order valence-corrected chi connectivity index (χ4v) is 4.54. The highest BCUT2D eigenvalue weighted by Crippen LogP contribution is 2.48. The van der Waals surface area contributed by atoms with Crippen molar-refractivity contribution in [3.63, 3.8) is 0 Å². The molecule has 3 heteroatoms. The number of benzene rings is 2. The lowest BCUT2D eigenvalue weighted by atomic mass is 9.88. The smallest absolute Gasteiger partial charge is 0.0417 e. The van der Waals surface area contributed by atoms with Crippen LogP contribution in [0, 0.1) is 0 Å². The van der Waals surface area contributed by atoms with Crippen molar-refractivity contribution >= 4 is 28.9 Å². The molecule has 0 atom stereocenters. The van der Waals surface area contributed by atoms with E-state index in [0.717, 1.165) is 31.0 Å². The summed E-state index contributed by atoms with van der Waals surface area (Å²) in [5.74, 6) is 0. The number of halogens is 1. The summed E-state index contributed by atoms with van der Waals surface area (Å²) < 4.78 is 0. The van der Waals surface area contributed by atoms with Gasteiger partial charge in [0.15, 0.2) is 0 Å². The fraction of sp³-hybridized carbons (Fsp3) is 0.222. The van der Waals surface area contributed by atoms with Crippen molar-refractivity contribution in [2.75, 3.05) is 13.1 Å². The monoisotopic (exact) mass is 313 g/mol. The Morgan fingerprint density at radius 1 is 0.905 bits per heavy atom. The molecule has 0 aromatic heterocycles. The highest BCUT2D eigenvalue weighted by molar-refractivity contribution is 7.99. The van der Waals surface area contributed by atoms with Gasteiger partial charge in [-0.15, -0.1) is 0 Å². The number of piperidine rings is 1. The van der Waals surface area contributed by atoms with Gasteiger partial charge in [-0.05, 0) is 60.8 Å². The van der Waals surface area contributed by atoms with Crippen LogP contribution in [-0.4, -0.2) is 13.1 Å². The molecule has 0 amide bonds. The van der Waals surface area contributed by atoms with Crippen molar-refractivity contribution in [2.24, 2.45) is 0 Å². The van der Waals surface area contributed by atoms with Crippen LogP contribution in [0.15, 0.2) is 57.8 Å². The molecule has 1 saturated heterocycles. The molecule has 1 N–H and O–H groups in total. The fourth-order valence-electron chi connectivity index (χ4n) is 3.17. The first-order valence-electron chi connectivity index (χ1n) is 7.33. The third-order valence-electron chi connectivity index (χ3n) is 4.15. The molecule has 0 aliphatic carbocycles. The lowest BCUT2D eigenvalue weighted by Crippen LogP contribution is -2.24. The van der Waals surface area contributed by atoms with E-state index in [1.807, 2.05) is 17.8 Å². The van der Waals surface area contributed by atoms with E-state index in [1.54, 1.807) is 5.57 Å². The van der Waals surface area contributed by atoms with Gasteiger partial charge in [0.1, 0.15) is 0 Å². The van der Waals surface area contributed by atoms with Crippen LogP contribution in [0.25, 0.3) is 5.57 Å². The highest BCUT2D eigenvalue weighted by Gasteiger charge is 2.24. The van der Waals surface area contributed by atoms with E-state index in [2.05, 4.69) is 41.7 Å². The molecule has 0 radical (unpaired) electrons. The standard InChI is InChI=1S/C18H16ClNS/c19-13-5-6-15-17(11-13)21-16-4-2-1-3-14(16)18(15)12-7-9-20-10-8-12/h1-6,11,20H,7-10H2. The quantitative estimate of drug-likeness (QED) is 0.627. The van der Waals surface area contributed by atoms with Crippen molar-refractivity contribution in [1.82, 2.24) is 5.32 Å². The minimum atomic E-state index is 0.815. The summed E-state index contributed by atoms with van der Waals surface area (Å²) in [7, 11) is 0. The summed E-state index contributed by atoms with van der Waals surface area (Å²) in [5.41, 5.74) is 5.75. The van der Waals surface area contributed by atoms with E-state index < -0.39 is 0 Å². The molecule has 0 saturated carbocycles. The second kappa shape index (κ2) is 5.53. The summed E-state index contributed by atoms with van der Waals surface area (Å²) in [5, 5.41) is 4.27. The van der Waals surface area contributed by atoms with Crippen molar-refractivity contribution in [2.45, 2.75) is 22.6 Å². The third-order valence-corrected chi connectivity index (χ3v) is 5.52. The van der Waals surface area contributed by atoms with Crippen molar-refractivity contribution in [1.29, 1.82) is 0 Å². The Labute approximate surface area is 134 Å². The summed E-state index contributed by atoms with van der Waals surface area (Å²) in [6.07, 6.45) is 2.27. The van der Waals surface area contributed by atoms with Gasteiger partial charge in [-0.1, -0.05) is 53.2 Å². The Morgan fingerprint density at radius 2 is 1.67 bits per heavy atom. The molecule has 106 valence electrons. The third kappa shape index (κ3) is 2.42. The molecule has 2 aromatic rings. The molecule has 21 heavy (non-hydrogen) atoms. The Morgan fingerprint density at radius 3 is 2.52 bits per heavy atom. The van der Waals surface area contributed by atoms with E-state index in [-0.39, 0.29) is 0 Å². The van der Waals surface area contributed by atoms with Crippen LogP contribution in [0.3, 0.4) is 0 Å². The maximum atomic E-state index is 6.20. The summed E-state index contributed by atoms with van der Waals surface area (Å²) >= 11 is 8.03. The summed E-state index contributed by atoms with van der Waals surface area (Å²) in [6.45, 7) is 2.16. The molecule has 1 fully saturated rings. The zero-order valence-electron chi connectivity index (χ0n) is 11.7. The predicted molar refractivity (Wildman–Crippen MR) is 90.1 cm³/mol. The summed E-state index contributed by atoms with van der Waals surface area (Å²) in [6, 6.07) is 15.0.